The van der Waals surface area contributed by atoms with E-state index in [9.17, 15) is 8.78 Å². The number of para-hydroxylation sites is 2. The number of hydrogen-bond acceptors (Lipinski definition) is 3. The van der Waals surface area contributed by atoms with Gasteiger partial charge in [-0.2, -0.15) is 13.9 Å². The first-order valence-corrected chi connectivity index (χ1v) is 9.56. The summed E-state index contributed by atoms with van der Waals surface area (Å²) < 4.78 is 31.4. The smallest absolute Gasteiger partial charge is 0.387 e. The van der Waals surface area contributed by atoms with Crippen LogP contribution in [0.2, 0.25) is 0 Å². The Morgan fingerprint density at radius 1 is 0.767 bits per heavy atom. The summed E-state index contributed by atoms with van der Waals surface area (Å²) in [6, 6.07) is 30.3. The Balaban J connectivity index is 1.85. The van der Waals surface area contributed by atoms with E-state index in [-0.39, 0.29) is 5.75 Å². The number of fused-ring (bicyclic) bond motifs is 1. The SMILES string of the molecule is CC(=NN(c1ccccc1)c1ccccc1)c1ccc2ccccc2c1OC(F)F. The van der Waals surface area contributed by atoms with Gasteiger partial charge in [0.15, 0.2) is 0 Å². The summed E-state index contributed by atoms with van der Waals surface area (Å²) in [7, 11) is 0. The zero-order chi connectivity index (χ0) is 20.9. The van der Waals surface area contributed by atoms with E-state index in [0.29, 0.717) is 16.7 Å². The maximum atomic E-state index is 13.2. The lowest BCUT2D eigenvalue weighted by atomic mass is 10.0. The molecule has 0 saturated heterocycles. The molecule has 0 N–H and O–H groups in total. The molecule has 4 aromatic rings. The molecule has 0 bridgehead atoms. The molecule has 0 unspecified atom stereocenters. The first kappa shape index (κ1) is 19.6. The van der Waals surface area contributed by atoms with E-state index in [1.807, 2.05) is 78.9 Å². The van der Waals surface area contributed by atoms with Crippen LogP contribution in [-0.4, -0.2) is 12.3 Å². The van der Waals surface area contributed by atoms with Crippen LogP contribution in [0.25, 0.3) is 10.8 Å². The molecule has 0 aliphatic heterocycles. The van der Waals surface area contributed by atoms with Gasteiger partial charge in [-0.05, 0) is 42.6 Å². The van der Waals surface area contributed by atoms with Crippen molar-refractivity contribution in [2.24, 2.45) is 5.10 Å². The predicted molar refractivity (Wildman–Crippen MR) is 118 cm³/mol. The molecule has 5 heteroatoms. The van der Waals surface area contributed by atoms with E-state index < -0.39 is 6.61 Å². The van der Waals surface area contributed by atoms with Crippen molar-refractivity contribution in [3.8, 4) is 5.75 Å². The molecule has 0 aromatic heterocycles. The molecule has 0 spiro atoms. The molecule has 0 heterocycles. The number of alkyl halides is 2. The number of rotatable bonds is 6. The molecule has 0 fully saturated rings. The average molecular weight is 402 g/mol. The molecule has 0 atom stereocenters. The first-order chi connectivity index (χ1) is 14.6. The van der Waals surface area contributed by atoms with Crippen molar-refractivity contribution in [2.45, 2.75) is 13.5 Å². The van der Waals surface area contributed by atoms with Gasteiger partial charge in [-0.25, -0.2) is 5.01 Å². The molecule has 0 amide bonds. The van der Waals surface area contributed by atoms with Crippen LogP contribution >= 0.6 is 0 Å². The molecule has 3 nitrogen and oxygen atoms in total. The summed E-state index contributed by atoms with van der Waals surface area (Å²) in [5, 5.41) is 8.02. The van der Waals surface area contributed by atoms with E-state index in [1.54, 1.807) is 30.1 Å². The molecule has 30 heavy (non-hydrogen) atoms. The van der Waals surface area contributed by atoms with Crippen molar-refractivity contribution in [2.75, 3.05) is 5.01 Å². The monoisotopic (exact) mass is 402 g/mol. The van der Waals surface area contributed by atoms with Crippen molar-refractivity contribution in [3.05, 3.63) is 103 Å². The van der Waals surface area contributed by atoms with E-state index in [1.165, 1.54) is 0 Å². The predicted octanol–water partition coefficient (Wildman–Crippen LogP) is 7.00. The highest BCUT2D eigenvalue weighted by molar-refractivity contribution is 6.07. The minimum Gasteiger partial charge on any atom is -0.433 e. The number of nitrogens with zero attached hydrogens (tertiary/aromatic N) is 2. The van der Waals surface area contributed by atoms with Gasteiger partial charge in [0.25, 0.3) is 0 Å². The van der Waals surface area contributed by atoms with Crippen LogP contribution in [0.4, 0.5) is 20.2 Å². The fourth-order valence-electron chi connectivity index (χ4n) is 3.35. The topological polar surface area (TPSA) is 24.8 Å². The molecule has 4 rings (SSSR count). The molecule has 0 aliphatic carbocycles. The second-order valence-corrected chi connectivity index (χ2v) is 6.71. The number of halogens is 2. The summed E-state index contributed by atoms with van der Waals surface area (Å²) in [5.74, 6) is 0.130. The van der Waals surface area contributed by atoms with E-state index in [4.69, 9.17) is 9.84 Å². The van der Waals surface area contributed by atoms with Gasteiger partial charge in [-0.3, -0.25) is 0 Å². The van der Waals surface area contributed by atoms with Crippen LogP contribution < -0.4 is 9.75 Å². The van der Waals surface area contributed by atoms with Gasteiger partial charge in [0, 0.05) is 10.9 Å². The fourth-order valence-corrected chi connectivity index (χ4v) is 3.35. The minimum atomic E-state index is -2.93. The van der Waals surface area contributed by atoms with Crippen LogP contribution in [-0.2, 0) is 0 Å². The highest BCUT2D eigenvalue weighted by Crippen LogP contribution is 2.33. The molecular formula is C25H20F2N2O. The Hall–Kier alpha value is -3.73. The van der Waals surface area contributed by atoms with Crippen molar-refractivity contribution < 1.29 is 13.5 Å². The Labute approximate surface area is 173 Å². The molecule has 150 valence electrons. The Morgan fingerprint density at radius 2 is 1.33 bits per heavy atom. The highest BCUT2D eigenvalue weighted by atomic mass is 19.3. The van der Waals surface area contributed by atoms with Crippen LogP contribution in [0.3, 0.4) is 0 Å². The number of hydrogen-bond donors (Lipinski definition) is 0. The maximum Gasteiger partial charge on any atom is 0.387 e. The summed E-state index contributed by atoms with van der Waals surface area (Å²) in [5.41, 5.74) is 2.80. The van der Waals surface area contributed by atoms with Crippen molar-refractivity contribution in [1.29, 1.82) is 0 Å². The van der Waals surface area contributed by atoms with Gasteiger partial charge < -0.3 is 4.74 Å². The van der Waals surface area contributed by atoms with Crippen LogP contribution in [0.5, 0.6) is 5.75 Å². The van der Waals surface area contributed by atoms with Gasteiger partial charge in [0.05, 0.1) is 17.1 Å². The minimum absolute atomic E-state index is 0.130. The van der Waals surface area contributed by atoms with Gasteiger partial charge in [0.2, 0.25) is 0 Å². The molecule has 0 radical (unpaired) electrons. The van der Waals surface area contributed by atoms with Crippen molar-refractivity contribution in [3.63, 3.8) is 0 Å². The van der Waals surface area contributed by atoms with E-state index in [2.05, 4.69) is 0 Å². The molecule has 0 saturated carbocycles. The zero-order valence-electron chi connectivity index (χ0n) is 16.4. The number of ether oxygens (including phenoxy) is 1. The third-order valence-electron chi connectivity index (χ3n) is 4.73. The van der Waals surface area contributed by atoms with E-state index >= 15 is 0 Å². The largest absolute Gasteiger partial charge is 0.433 e. The average Bonchev–Trinajstić information content (AvgIpc) is 2.78. The quantitative estimate of drug-likeness (QED) is 0.256. The number of anilines is 2. The van der Waals surface area contributed by atoms with Crippen LogP contribution in [0, 0.1) is 0 Å². The lowest BCUT2D eigenvalue weighted by Gasteiger charge is -2.21. The Kier molecular flexibility index (Phi) is 5.70. The Bertz CT molecular complexity index is 1120. The van der Waals surface area contributed by atoms with Crippen molar-refractivity contribution >= 4 is 27.9 Å². The number of hydrazone groups is 1. The summed E-state index contributed by atoms with van der Waals surface area (Å²) in [4.78, 5) is 0. The second-order valence-electron chi connectivity index (χ2n) is 6.71. The summed E-state index contributed by atoms with van der Waals surface area (Å²) in [6.07, 6.45) is 0. The normalized spacial score (nSPS) is 11.7. The van der Waals surface area contributed by atoms with Crippen molar-refractivity contribution in [1.82, 2.24) is 0 Å². The lowest BCUT2D eigenvalue weighted by molar-refractivity contribution is -0.0489. The lowest BCUT2D eigenvalue weighted by Crippen LogP contribution is -2.14. The van der Waals surface area contributed by atoms with Gasteiger partial charge in [-0.1, -0.05) is 66.7 Å². The number of benzene rings is 4. The zero-order valence-corrected chi connectivity index (χ0v) is 16.4. The van der Waals surface area contributed by atoms with Crippen LogP contribution in [0.1, 0.15) is 12.5 Å². The van der Waals surface area contributed by atoms with Gasteiger partial charge >= 0.3 is 6.61 Å². The van der Waals surface area contributed by atoms with Crippen LogP contribution in [0.15, 0.2) is 102 Å². The highest BCUT2D eigenvalue weighted by Gasteiger charge is 2.17. The fraction of sp³-hybridized carbons (Fsp3) is 0.0800. The van der Waals surface area contributed by atoms with Gasteiger partial charge in [0.1, 0.15) is 5.75 Å². The van der Waals surface area contributed by atoms with Gasteiger partial charge in [-0.15, -0.1) is 0 Å². The van der Waals surface area contributed by atoms with E-state index in [0.717, 1.165) is 16.8 Å². The third-order valence-corrected chi connectivity index (χ3v) is 4.73. The molecule has 0 aliphatic rings. The Morgan fingerprint density at radius 3 is 1.93 bits per heavy atom. The standard InChI is InChI=1S/C25H20F2N2O/c1-18(22-17-16-19-10-8-9-15-23(19)24(22)30-25(26)27)28-29(20-11-4-2-5-12-20)21-13-6-3-7-14-21/h2-17,25H,1H3. The molecule has 4 aromatic carbocycles. The first-order valence-electron chi connectivity index (χ1n) is 9.56. The molecular weight excluding hydrogens is 382 g/mol. The second kappa shape index (κ2) is 8.74. The maximum absolute atomic E-state index is 13.2. The third kappa shape index (κ3) is 4.15. The summed E-state index contributed by atoms with van der Waals surface area (Å²) >= 11 is 0. The summed E-state index contributed by atoms with van der Waals surface area (Å²) in [6.45, 7) is -1.14.